The predicted octanol–water partition coefficient (Wildman–Crippen LogP) is 4.19. The number of ether oxygens (including phenoxy) is 2. The number of benzene rings is 3. The van der Waals surface area contributed by atoms with Crippen molar-refractivity contribution in [2.75, 3.05) is 13.2 Å². The van der Waals surface area contributed by atoms with E-state index in [1.54, 1.807) is 31.2 Å². The Bertz CT molecular complexity index is 1200. The van der Waals surface area contributed by atoms with Crippen molar-refractivity contribution in [3.63, 3.8) is 0 Å². The van der Waals surface area contributed by atoms with Crippen molar-refractivity contribution in [3.05, 3.63) is 101 Å². The van der Waals surface area contributed by atoms with Gasteiger partial charge < -0.3 is 19.9 Å². The van der Waals surface area contributed by atoms with Crippen LogP contribution in [0.2, 0.25) is 0 Å². The van der Waals surface area contributed by atoms with Crippen LogP contribution in [0.1, 0.15) is 30.0 Å². The molecule has 1 aliphatic rings. The van der Waals surface area contributed by atoms with Gasteiger partial charge in [0.2, 0.25) is 5.90 Å². The number of carbonyl (C=O) groups excluding carboxylic acids is 1. The van der Waals surface area contributed by atoms with E-state index in [1.807, 2.05) is 30.3 Å². The molecule has 0 saturated carbocycles. The van der Waals surface area contributed by atoms with Gasteiger partial charge in [-0.1, -0.05) is 36.4 Å². The molecule has 1 amide bonds. The summed E-state index contributed by atoms with van der Waals surface area (Å²) in [6, 6.07) is 20.1. The Hall–Kier alpha value is -3.78. The highest BCUT2D eigenvalue weighted by Crippen LogP contribution is 2.33. The van der Waals surface area contributed by atoms with Gasteiger partial charge in [0.15, 0.2) is 5.54 Å². The monoisotopic (exact) mass is 494 g/mol. The molecule has 4 rings (SSSR count). The van der Waals surface area contributed by atoms with Crippen molar-refractivity contribution >= 4 is 11.8 Å². The van der Waals surface area contributed by atoms with Crippen LogP contribution < -0.4 is 10.1 Å². The largest absolute Gasteiger partial charge is 0.494 e. The fourth-order valence-corrected chi connectivity index (χ4v) is 4.07. The zero-order valence-electron chi connectivity index (χ0n) is 19.9. The number of aliphatic hydroxyl groups is 1. The van der Waals surface area contributed by atoms with Crippen molar-refractivity contribution in [1.29, 1.82) is 0 Å². The fraction of sp³-hybridized carbons (Fsp3) is 0.286. The highest BCUT2D eigenvalue weighted by atomic mass is 19.1. The summed E-state index contributed by atoms with van der Waals surface area (Å²) in [5, 5.41) is 11.6. The number of rotatable bonds is 10. The first-order valence-electron chi connectivity index (χ1n) is 11.8. The average Bonchev–Trinajstić information content (AvgIpc) is 3.21. The Morgan fingerprint density at radius 1 is 1.06 bits per heavy atom. The molecule has 0 aliphatic carbocycles. The van der Waals surface area contributed by atoms with E-state index in [1.165, 1.54) is 6.07 Å². The minimum atomic E-state index is -1.34. The molecule has 0 bridgehead atoms. The van der Waals surface area contributed by atoms with Crippen LogP contribution >= 0.6 is 0 Å². The highest BCUT2D eigenvalue weighted by molar-refractivity contribution is 6.00. The molecule has 0 radical (unpaired) electrons. The molecule has 6 nitrogen and oxygen atoms in total. The van der Waals surface area contributed by atoms with Gasteiger partial charge in [0, 0.05) is 37.1 Å². The summed E-state index contributed by atoms with van der Waals surface area (Å²) >= 11 is 0. The lowest BCUT2D eigenvalue weighted by Gasteiger charge is -2.28. The van der Waals surface area contributed by atoms with Crippen molar-refractivity contribution in [3.8, 4) is 5.75 Å². The Kier molecular flexibility index (Phi) is 7.95. The number of halogens is 2. The number of carbonyl (C=O) groups is 1. The lowest BCUT2D eigenvalue weighted by Crippen LogP contribution is -2.52. The van der Waals surface area contributed by atoms with Gasteiger partial charge in [0.25, 0.3) is 5.91 Å². The molecule has 2 N–H and O–H groups in total. The summed E-state index contributed by atoms with van der Waals surface area (Å²) in [5.41, 5.74) is -0.0142. The molecule has 3 aromatic carbocycles. The minimum Gasteiger partial charge on any atom is -0.494 e. The Morgan fingerprint density at radius 3 is 2.42 bits per heavy atom. The number of nitrogens with one attached hydrogen (secondary N) is 1. The quantitative estimate of drug-likeness (QED) is 0.415. The number of nitrogens with zero attached hydrogens (tertiary/aromatic N) is 1. The first-order valence-corrected chi connectivity index (χ1v) is 11.8. The van der Waals surface area contributed by atoms with E-state index in [0.29, 0.717) is 30.2 Å². The van der Waals surface area contributed by atoms with Gasteiger partial charge in [0.05, 0.1) is 6.61 Å². The van der Waals surface area contributed by atoms with Gasteiger partial charge in [-0.3, -0.25) is 4.79 Å². The topological polar surface area (TPSA) is 80.2 Å². The normalized spacial score (nSPS) is 18.9. The van der Waals surface area contributed by atoms with Gasteiger partial charge in [-0.2, -0.15) is 0 Å². The number of aliphatic hydroxyl groups excluding tert-OH is 1. The third-order valence-electron chi connectivity index (χ3n) is 6.13. The number of amides is 1. The lowest BCUT2D eigenvalue weighted by molar-refractivity contribution is -0.128. The first-order chi connectivity index (χ1) is 17.4. The Labute approximate surface area is 208 Å². The molecule has 1 heterocycles. The Balaban J connectivity index is 1.61. The number of hydrogen-bond acceptors (Lipinski definition) is 5. The van der Waals surface area contributed by atoms with Crippen LogP contribution in [-0.4, -0.2) is 41.8 Å². The van der Waals surface area contributed by atoms with E-state index in [0.717, 1.165) is 17.7 Å². The van der Waals surface area contributed by atoms with Crippen LogP contribution in [0.15, 0.2) is 77.8 Å². The SMILES string of the molecule is C[C@H]1OC(c2ccc(OCCCO)cc2)=N[C@@]1(Cc1ccccc1)C(=O)NCc1c(F)cccc1F. The van der Waals surface area contributed by atoms with Gasteiger partial charge in [0.1, 0.15) is 23.5 Å². The van der Waals surface area contributed by atoms with Gasteiger partial charge in [-0.05, 0) is 48.9 Å². The van der Waals surface area contributed by atoms with Crippen LogP contribution in [0.4, 0.5) is 8.78 Å². The van der Waals surface area contributed by atoms with E-state index < -0.39 is 29.2 Å². The van der Waals surface area contributed by atoms with Gasteiger partial charge >= 0.3 is 0 Å². The van der Waals surface area contributed by atoms with E-state index in [4.69, 9.17) is 19.6 Å². The van der Waals surface area contributed by atoms with Crippen LogP contribution in [-0.2, 0) is 22.5 Å². The molecule has 0 fully saturated rings. The second kappa shape index (κ2) is 11.3. The summed E-state index contributed by atoms with van der Waals surface area (Å²) in [5.74, 6) is -1.01. The zero-order valence-corrected chi connectivity index (χ0v) is 19.9. The molecule has 2 atom stereocenters. The van der Waals surface area contributed by atoms with E-state index >= 15 is 0 Å². The van der Waals surface area contributed by atoms with Crippen molar-refractivity contribution in [2.24, 2.45) is 4.99 Å². The molecule has 8 heteroatoms. The summed E-state index contributed by atoms with van der Waals surface area (Å²) in [7, 11) is 0. The number of aliphatic imine (C=N–C) groups is 1. The number of hydrogen-bond donors (Lipinski definition) is 2. The van der Waals surface area contributed by atoms with E-state index in [9.17, 15) is 13.6 Å². The molecule has 1 aliphatic heterocycles. The summed E-state index contributed by atoms with van der Waals surface area (Å²) in [6.45, 7) is 1.89. The second-order valence-corrected chi connectivity index (χ2v) is 8.60. The average molecular weight is 495 g/mol. The van der Waals surface area contributed by atoms with Crippen molar-refractivity contribution < 1.29 is 28.2 Å². The minimum absolute atomic E-state index is 0.0513. The molecular weight excluding hydrogens is 466 g/mol. The molecule has 36 heavy (non-hydrogen) atoms. The van der Waals surface area contributed by atoms with Crippen LogP contribution in [0.25, 0.3) is 0 Å². The van der Waals surface area contributed by atoms with Crippen molar-refractivity contribution in [2.45, 2.75) is 38.0 Å². The molecule has 0 aromatic heterocycles. The summed E-state index contributed by atoms with van der Waals surface area (Å²) in [6.07, 6.45) is 0.133. The van der Waals surface area contributed by atoms with E-state index in [2.05, 4.69) is 5.32 Å². The maximum atomic E-state index is 14.1. The predicted molar refractivity (Wildman–Crippen MR) is 132 cm³/mol. The molecule has 3 aromatic rings. The first kappa shape index (κ1) is 25.3. The van der Waals surface area contributed by atoms with E-state index in [-0.39, 0.29) is 25.1 Å². The van der Waals surface area contributed by atoms with Crippen LogP contribution in [0.5, 0.6) is 5.75 Å². The molecule has 0 unspecified atom stereocenters. The van der Waals surface area contributed by atoms with Gasteiger partial charge in [-0.25, -0.2) is 13.8 Å². The second-order valence-electron chi connectivity index (χ2n) is 8.60. The fourth-order valence-electron chi connectivity index (χ4n) is 4.07. The molecule has 0 spiro atoms. The Morgan fingerprint density at radius 2 is 1.75 bits per heavy atom. The van der Waals surface area contributed by atoms with Crippen LogP contribution in [0, 0.1) is 11.6 Å². The standard InChI is InChI=1S/C28H28F2N2O4/c1-19-28(17-20-7-3-2-4-8-20,27(34)31-18-23-24(29)9-5-10-25(23)30)32-26(36-19)21-11-13-22(14-12-21)35-16-6-15-33/h2-5,7-14,19,33H,6,15-18H2,1H3,(H,31,34)/t19-,28-/m1/s1. The molecule has 0 saturated heterocycles. The maximum Gasteiger partial charge on any atom is 0.252 e. The third kappa shape index (κ3) is 5.54. The third-order valence-corrected chi connectivity index (χ3v) is 6.13. The summed E-state index contributed by atoms with van der Waals surface area (Å²) < 4.78 is 39.9. The van der Waals surface area contributed by atoms with Gasteiger partial charge in [-0.15, -0.1) is 0 Å². The maximum absolute atomic E-state index is 14.1. The van der Waals surface area contributed by atoms with Crippen LogP contribution in [0.3, 0.4) is 0 Å². The molecule has 188 valence electrons. The van der Waals surface area contributed by atoms with Crippen molar-refractivity contribution in [1.82, 2.24) is 5.32 Å². The zero-order chi connectivity index (χ0) is 25.5. The lowest BCUT2D eigenvalue weighted by atomic mass is 9.86. The highest BCUT2D eigenvalue weighted by Gasteiger charge is 2.50. The molecular formula is C28H28F2N2O4. The smallest absolute Gasteiger partial charge is 0.252 e. The summed E-state index contributed by atoms with van der Waals surface area (Å²) in [4.78, 5) is 18.3.